The lowest BCUT2D eigenvalue weighted by molar-refractivity contribution is -0.123. The second-order valence-electron chi connectivity index (χ2n) is 4.86. The summed E-state index contributed by atoms with van der Waals surface area (Å²) in [6, 6.07) is 6.00. The average Bonchev–Trinajstić information content (AvgIpc) is 2.47. The highest BCUT2D eigenvalue weighted by Crippen LogP contribution is 2.18. The molecule has 120 valence electrons. The third-order valence-electron chi connectivity index (χ3n) is 3.26. The van der Waals surface area contributed by atoms with Crippen LogP contribution in [0.1, 0.15) is 26.7 Å². The van der Waals surface area contributed by atoms with Gasteiger partial charge >= 0.3 is 0 Å². The predicted octanol–water partition coefficient (Wildman–Crippen LogP) is 3.22. The van der Waals surface area contributed by atoms with E-state index in [-0.39, 0.29) is 30.0 Å². The van der Waals surface area contributed by atoms with E-state index in [2.05, 4.69) is 5.32 Å². The first-order chi connectivity index (χ1) is 9.54. The van der Waals surface area contributed by atoms with Crippen LogP contribution in [0.2, 0.25) is 0 Å². The largest absolute Gasteiger partial charge is 0.355 e. The third-order valence-corrected chi connectivity index (χ3v) is 4.36. The lowest BCUT2D eigenvalue weighted by atomic mass is 9.99. The van der Waals surface area contributed by atoms with E-state index in [0.717, 1.165) is 23.5 Å². The fourth-order valence-corrected chi connectivity index (χ4v) is 2.49. The number of carbonyl (C=O) groups is 1. The Morgan fingerprint density at radius 1 is 1.38 bits per heavy atom. The van der Waals surface area contributed by atoms with Crippen LogP contribution in [0.4, 0.5) is 4.39 Å². The molecule has 3 N–H and O–H groups in total. The first-order valence-electron chi connectivity index (χ1n) is 6.96. The van der Waals surface area contributed by atoms with Crippen molar-refractivity contribution in [3.63, 3.8) is 0 Å². The Labute approximate surface area is 136 Å². The lowest BCUT2D eigenvalue weighted by Gasteiger charge is -2.17. The summed E-state index contributed by atoms with van der Waals surface area (Å²) in [5, 5.41) is 2.86. The fourth-order valence-electron chi connectivity index (χ4n) is 1.63. The number of hydrogen-bond acceptors (Lipinski definition) is 3. The number of hydrogen-bond donors (Lipinski definition) is 2. The first-order valence-corrected chi connectivity index (χ1v) is 7.94. The number of rotatable bonds is 8. The van der Waals surface area contributed by atoms with Crippen LogP contribution in [0.3, 0.4) is 0 Å². The summed E-state index contributed by atoms with van der Waals surface area (Å²) in [6.07, 6.45) is 1.76. The third kappa shape index (κ3) is 7.69. The van der Waals surface area contributed by atoms with Crippen LogP contribution in [0.25, 0.3) is 0 Å². The molecular weight excluding hydrogens is 311 g/mol. The molecule has 1 rings (SSSR count). The molecule has 21 heavy (non-hydrogen) atoms. The fraction of sp³-hybridized carbons (Fsp3) is 0.533. The molecule has 0 aliphatic heterocycles. The second-order valence-corrected chi connectivity index (χ2v) is 6.03. The van der Waals surface area contributed by atoms with E-state index in [0.29, 0.717) is 6.54 Å². The quantitative estimate of drug-likeness (QED) is 0.567. The molecule has 0 radical (unpaired) electrons. The minimum atomic E-state index is -0.426. The zero-order chi connectivity index (χ0) is 15.0. The van der Waals surface area contributed by atoms with Crippen molar-refractivity contribution < 1.29 is 9.18 Å². The highest BCUT2D eigenvalue weighted by molar-refractivity contribution is 7.99. The van der Waals surface area contributed by atoms with Crippen LogP contribution in [0, 0.1) is 11.7 Å². The molecule has 0 heterocycles. The smallest absolute Gasteiger partial charge is 0.237 e. The van der Waals surface area contributed by atoms with E-state index < -0.39 is 6.04 Å². The molecule has 1 amide bonds. The molecule has 0 aliphatic carbocycles. The molecule has 0 bridgehead atoms. The number of nitrogens with one attached hydrogen (secondary N) is 1. The Bertz CT molecular complexity index is 417. The highest BCUT2D eigenvalue weighted by Gasteiger charge is 2.18. The zero-order valence-corrected chi connectivity index (χ0v) is 14.1. The minimum Gasteiger partial charge on any atom is -0.355 e. The first kappa shape index (κ1) is 20.2. The minimum absolute atomic E-state index is 0. The van der Waals surface area contributed by atoms with Gasteiger partial charge in [-0.2, -0.15) is 0 Å². The topological polar surface area (TPSA) is 55.1 Å². The number of amides is 1. The summed E-state index contributed by atoms with van der Waals surface area (Å²) in [7, 11) is 0. The number of benzene rings is 1. The normalized spacial score (nSPS) is 13.1. The van der Waals surface area contributed by atoms with Crippen molar-refractivity contribution in [3.8, 4) is 0 Å². The molecule has 6 heteroatoms. The molecule has 2 atom stereocenters. The van der Waals surface area contributed by atoms with Gasteiger partial charge in [-0.1, -0.05) is 20.3 Å². The van der Waals surface area contributed by atoms with E-state index in [9.17, 15) is 9.18 Å². The van der Waals surface area contributed by atoms with Crippen molar-refractivity contribution in [2.24, 2.45) is 11.7 Å². The Hall–Kier alpha value is -0.780. The Morgan fingerprint density at radius 3 is 2.57 bits per heavy atom. The maximum absolute atomic E-state index is 12.7. The van der Waals surface area contributed by atoms with Gasteiger partial charge in [0, 0.05) is 11.4 Å². The summed E-state index contributed by atoms with van der Waals surface area (Å²) < 4.78 is 12.7. The van der Waals surface area contributed by atoms with E-state index in [1.165, 1.54) is 12.1 Å². The van der Waals surface area contributed by atoms with Crippen molar-refractivity contribution >= 4 is 30.1 Å². The maximum Gasteiger partial charge on any atom is 0.237 e. The van der Waals surface area contributed by atoms with E-state index >= 15 is 0 Å². The van der Waals surface area contributed by atoms with Gasteiger partial charge in [0.2, 0.25) is 5.91 Å². The number of carbonyl (C=O) groups excluding carboxylic acids is 1. The Balaban J connectivity index is 0.00000400. The number of thioether (sulfide) groups is 1. The number of nitrogens with two attached hydrogens (primary N) is 1. The molecule has 0 spiro atoms. The molecule has 0 saturated heterocycles. The van der Waals surface area contributed by atoms with Gasteiger partial charge in [0.1, 0.15) is 5.82 Å². The molecule has 0 aromatic heterocycles. The average molecular weight is 335 g/mol. The van der Waals surface area contributed by atoms with Crippen LogP contribution in [-0.4, -0.2) is 24.2 Å². The lowest BCUT2D eigenvalue weighted by Crippen LogP contribution is -2.44. The van der Waals surface area contributed by atoms with Crippen LogP contribution in [0.5, 0.6) is 0 Å². The van der Waals surface area contributed by atoms with Crippen molar-refractivity contribution in [3.05, 3.63) is 30.1 Å². The Morgan fingerprint density at radius 2 is 2.00 bits per heavy atom. The van der Waals surface area contributed by atoms with E-state index in [1.807, 2.05) is 13.8 Å². The van der Waals surface area contributed by atoms with Gasteiger partial charge in [-0.25, -0.2) is 4.39 Å². The molecule has 0 saturated carbocycles. The monoisotopic (exact) mass is 334 g/mol. The van der Waals surface area contributed by atoms with Crippen molar-refractivity contribution in [1.82, 2.24) is 5.32 Å². The predicted molar refractivity (Wildman–Crippen MR) is 89.4 cm³/mol. The molecule has 1 aromatic carbocycles. The van der Waals surface area contributed by atoms with Crippen LogP contribution in [-0.2, 0) is 4.79 Å². The molecule has 1 aromatic rings. The molecule has 0 aliphatic rings. The summed E-state index contributed by atoms with van der Waals surface area (Å²) in [5.41, 5.74) is 5.84. The van der Waals surface area contributed by atoms with E-state index in [4.69, 9.17) is 5.73 Å². The number of halogens is 2. The molecule has 2 unspecified atom stereocenters. The zero-order valence-electron chi connectivity index (χ0n) is 12.5. The maximum atomic E-state index is 12.7. The molecule has 0 fully saturated rings. The van der Waals surface area contributed by atoms with Gasteiger partial charge in [0.05, 0.1) is 6.04 Å². The van der Waals surface area contributed by atoms with Crippen molar-refractivity contribution in [2.45, 2.75) is 37.6 Å². The van der Waals surface area contributed by atoms with Crippen molar-refractivity contribution in [2.75, 3.05) is 12.3 Å². The van der Waals surface area contributed by atoms with E-state index in [1.54, 1.807) is 23.9 Å². The molecular formula is C15H24ClFN2OS. The summed E-state index contributed by atoms with van der Waals surface area (Å²) in [4.78, 5) is 12.8. The Kier molecular flexibility index (Phi) is 10.5. The van der Waals surface area contributed by atoms with Gasteiger partial charge < -0.3 is 11.1 Å². The molecule has 3 nitrogen and oxygen atoms in total. The SMILES string of the molecule is CCC(C)C(N)C(=O)NCCCSc1ccc(F)cc1.Cl. The van der Waals surface area contributed by atoms with Gasteiger partial charge in [0.25, 0.3) is 0 Å². The summed E-state index contributed by atoms with van der Waals surface area (Å²) >= 11 is 1.65. The van der Waals surface area contributed by atoms with Crippen molar-refractivity contribution in [1.29, 1.82) is 0 Å². The van der Waals surface area contributed by atoms with Crippen LogP contribution < -0.4 is 11.1 Å². The standard InChI is InChI=1S/C15H23FN2OS.ClH/c1-3-11(2)14(17)15(19)18-9-4-10-20-13-7-5-12(16)6-8-13;/h5-8,11,14H,3-4,9-10,17H2,1-2H3,(H,18,19);1H. The highest BCUT2D eigenvalue weighted by atomic mass is 35.5. The van der Waals surface area contributed by atoms with Gasteiger partial charge in [-0.15, -0.1) is 24.2 Å². The van der Waals surface area contributed by atoms with Gasteiger partial charge in [0.15, 0.2) is 0 Å². The summed E-state index contributed by atoms with van der Waals surface area (Å²) in [5.74, 6) is 0.778. The summed E-state index contributed by atoms with van der Waals surface area (Å²) in [6.45, 7) is 4.63. The van der Waals surface area contributed by atoms with Gasteiger partial charge in [-0.05, 0) is 42.4 Å². The van der Waals surface area contributed by atoms with Crippen LogP contribution in [0.15, 0.2) is 29.2 Å². The second kappa shape index (κ2) is 10.9. The van der Waals surface area contributed by atoms with Gasteiger partial charge in [-0.3, -0.25) is 4.79 Å². The van der Waals surface area contributed by atoms with Crippen LogP contribution >= 0.6 is 24.2 Å².